The van der Waals surface area contributed by atoms with E-state index in [4.69, 9.17) is 4.42 Å². The van der Waals surface area contributed by atoms with Crippen molar-refractivity contribution in [3.63, 3.8) is 0 Å². The standard InChI is InChI=1S/C106H73BN2OS/c1-106(2,3)83-65-90(85-42-26-45-99-102(85)87-40-22-24-44-98(87)110-99)105(91(66-83)86-43-27-47-101-103(86)88-41-23-25-46-100(88)111-101)109-96-63-74(80-56-76(68-30-12-5-13-31-68)54-77(57-80)69-32-14-6-15-33-69)49-53-93(96)107-92-52-50-75(84-51-48-73(67-28-10-4-11-29-67)60-89(84)72-38-20-9-21-39-72)61-94(92)108-95-62-82(64-97(109)104(95)107)81-58-78(70-34-16-7-17-35-70)55-79(59-81)71-36-18-8-19-37-71/h4-66,108H,1-3H3. The Bertz CT molecular complexity index is 6630. The second-order valence-corrected chi connectivity index (χ2v) is 31.8. The molecule has 2 aliphatic heterocycles. The minimum absolute atomic E-state index is 0.235. The van der Waals surface area contributed by atoms with Gasteiger partial charge in [-0.2, -0.15) is 0 Å². The van der Waals surface area contributed by atoms with Gasteiger partial charge in [0.1, 0.15) is 11.2 Å². The van der Waals surface area contributed by atoms with Gasteiger partial charge in [-0.15, -0.1) is 11.3 Å². The summed E-state index contributed by atoms with van der Waals surface area (Å²) in [5, 5.41) is 8.99. The Labute approximate surface area is 651 Å². The first-order valence-electron chi connectivity index (χ1n) is 38.4. The molecule has 0 saturated heterocycles. The highest BCUT2D eigenvalue weighted by atomic mass is 32.1. The lowest BCUT2D eigenvalue weighted by Gasteiger charge is -2.43. The number of nitrogens with zero attached hydrogens (tertiary/aromatic N) is 1. The maximum absolute atomic E-state index is 6.97. The molecule has 21 rings (SSSR count). The molecule has 0 spiro atoms. The van der Waals surface area contributed by atoms with Gasteiger partial charge >= 0.3 is 0 Å². The summed E-state index contributed by atoms with van der Waals surface area (Å²) >= 11 is 1.87. The van der Waals surface area contributed by atoms with Crippen molar-refractivity contribution in [2.24, 2.45) is 0 Å². The molecule has 0 saturated carbocycles. The van der Waals surface area contributed by atoms with E-state index >= 15 is 0 Å². The topological polar surface area (TPSA) is 28.4 Å². The van der Waals surface area contributed by atoms with Gasteiger partial charge in [-0.1, -0.05) is 300 Å². The van der Waals surface area contributed by atoms with E-state index in [0.29, 0.717) is 0 Å². The van der Waals surface area contributed by atoms with Crippen LogP contribution in [0, 0.1) is 0 Å². The fraction of sp³-hybridized carbons (Fsp3) is 0.0377. The molecule has 1 N–H and O–H groups in total. The summed E-state index contributed by atoms with van der Waals surface area (Å²) in [6, 6.07) is 143. The largest absolute Gasteiger partial charge is 0.456 e. The monoisotopic (exact) mass is 1430 g/mol. The molecule has 522 valence electrons. The van der Waals surface area contributed by atoms with Crippen molar-refractivity contribution >= 4 is 105 Å². The zero-order valence-corrected chi connectivity index (χ0v) is 62.5. The van der Waals surface area contributed by atoms with Crippen molar-refractivity contribution < 1.29 is 4.42 Å². The Kier molecular flexibility index (Phi) is 15.8. The lowest BCUT2D eigenvalue weighted by Crippen LogP contribution is -2.60. The molecule has 0 amide bonds. The number of thiophene rings is 1. The number of benzene rings is 17. The molecule has 2 aromatic heterocycles. The van der Waals surface area contributed by atoms with Crippen LogP contribution in [0.5, 0.6) is 0 Å². The highest BCUT2D eigenvalue weighted by Gasteiger charge is 2.43. The van der Waals surface area contributed by atoms with Gasteiger partial charge in [0.15, 0.2) is 0 Å². The van der Waals surface area contributed by atoms with Crippen molar-refractivity contribution in [3.8, 4) is 122 Å². The summed E-state index contributed by atoms with van der Waals surface area (Å²) in [5.41, 5.74) is 36.8. The van der Waals surface area contributed by atoms with Gasteiger partial charge in [-0.25, -0.2) is 0 Å². The number of nitrogens with one attached hydrogen (secondary N) is 1. The Balaban J connectivity index is 0.905. The lowest BCUT2D eigenvalue weighted by molar-refractivity contribution is 0.591. The first kappa shape index (κ1) is 65.7. The summed E-state index contributed by atoms with van der Waals surface area (Å²) < 4.78 is 9.47. The third-order valence-corrected chi connectivity index (χ3v) is 24.1. The maximum Gasteiger partial charge on any atom is 0.252 e. The molecule has 0 bridgehead atoms. The number of furan rings is 1. The van der Waals surface area contributed by atoms with E-state index in [0.717, 1.165) is 145 Å². The molecule has 0 unspecified atom stereocenters. The van der Waals surface area contributed by atoms with Crippen molar-refractivity contribution in [2.45, 2.75) is 26.2 Å². The SMILES string of the molecule is CC(C)(C)c1cc(-c2cccc3oc4ccccc4c23)c(N2c3cc(-c4cc(-c5ccccc5)cc(-c5ccccc5)c4)ccc3B3c4ccc(-c5ccc(-c6ccccc6)cc5-c5ccccc5)cc4Nc4cc(-c5cc(-c6ccccc6)cc(-c6ccccc6)c5)cc2c43)c(-c2cccc3sc4ccccc4c23)c1. The summed E-state index contributed by atoms with van der Waals surface area (Å²) in [6.45, 7) is 6.87. The van der Waals surface area contributed by atoms with Crippen LogP contribution in [0.25, 0.3) is 165 Å². The zero-order valence-electron chi connectivity index (χ0n) is 61.7. The molecule has 0 aliphatic carbocycles. The molecule has 2 aliphatic rings. The minimum atomic E-state index is -0.297. The molecular formula is C106H73BN2OS. The Hall–Kier alpha value is -13.6. The second-order valence-electron chi connectivity index (χ2n) is 30.7. The van der Waals surface area contributed by atoms with Gasteiger partial charge < -0.3 is 14.6 Å². The highest BCUT2D eigenvalue weighted by molar-refractivity contribution is 7.26. The highest BCUT2D eigenvalue weighted by Crippen LogP contribution is 2.56. The van der Waals surface area contributed by atoms with E-state index < -0.39 is 0 Å². The molecule has 5 heteroatoms. The predicted molar refractivity (Wildman–Crippen MR) is 474 cm³/mol. The van der Waals surface area contributed by atoms with Gasteiger partial charge in [0, 0.05) is 64.8 Å². The molecule has 3 nitrogen and oxygen atoms in total. The normalized spacial score (nSPS) is 12.3. The summed E-state index contributed by atoms with van der Waals surface area (Å²) in [7, 11) is 0. The smallest absolute Gasteiger partial charge is 0.252 e. The summed E-state index contributed by atoms with van der Waals surface area (Å²) in [6.07, 6.45) is 0. The molecule has 19 aromatic rings. The Morgan fingerprint density at radius 2 is 0.712 bits per heavy atom. The van der Waals surface area contributed by atoms with Crippen LogP contribution in [-0.2, 0) is 5.41 Å². The van der Waals surface area contributed by atoms with Crippen LogP contribution in [0.3, 0.4) is 0 Å². The first-order valence-corrected chi connectivity index (χ1v) is 39.3. The van der Waals surface area contributed by atoms with E-state index in [1.807, 2.05) is 11.3 Å². The van der Waals surface area contributed by atoms with Crippen LogP contribution in [0.4, 0.5) is 28.4 Å². The fourth-order valence-electron chi connectivity index (χ4n) is 17.6. The van der Waals surface area contributed by atoms with Crippen molar-refractivity contribution in [1.29, 1.82) is 0 Å². The van der Waals surface area contributed by atoms with E-state index in [-0.39, 0.29) is 12.1 Å². The van der Waals surface area contributed by atoms with Gasteiger partial charge in [0.2, 0.25) is 0 Å². The number of rotatable bonds is 12. The van der Waals surface area contributed by atoms with Crippen molar-refractivity contribution in [2.75, 3.05) is 10.2 Å². The Morgan fingerprint density at radius 3 is 1.31 bits per heavy atom. The van der Waals surface area contributed by atoms with Crippen LogP contribution in [0.2, 0.25) is 0 Å². The van der Waals surface area contributed by atoms with Crippen molar-refractivity contribution in [1.82, 2.24) is 0 Å². The molecule has 4 heterocycles. The van der Waals surface area contributed by atoms with Crippen LogP contribution >= 0.6 is 11.3 Å². The second kappa shape index (κ2) is 26.7. The average Bonchev–Trinajstić information content (AvgIpc) is 1.26. The van der Waals surface area contributed by atoms with Crippen LogP contribution in [-0.4, -0.2) is 6.71 Å². The van der Waals surface area contributed by atoms with Crippen LogP contribution in [0.15, 0.2) is 387 Å². The fourth-order valence-corrected chi connectivity index (χ4v) is 18.7. The molecule has 111 heavy (non-hydrogen) atoms. The third-order valence-electron chi connectivity index (χ3n) is 23.0. The minimum Gasteiger partial charge on any atom is -0.456 e. The quantitative estimate of drug-likeness (QED) is 0.124. The Morgan fingerprint density at radius 1 is 0.279 bits per heavy atom. The predicted octanol–water partition coefficient (Wildman–Crippen LogP) is 27.9. The van der Waals surface area contributed by atoms with Gasteiger partial charge in [-0.05, 0) is 242 Å². The van der Waals surface area contributed by atoms with Gasteiger partial charge in [-0.3, -0.25) is 0 Å². The summed E-state index contributed by atoms with van der Waals surface area (Å²) in [4.78, 5) is 2.73. The number of para-hydroxylation sites is 1. The van der Waals surface area contributed by atoms with Crippen LogP contribution in [0.1, 0.15) is 26.3 Å². The number of hydrogen-bond donors (Lipinski definition) is 1. The zero-order chi connectivity index (χ0) is 73.8. The molecule has 17 aromatic carbocycles. The van der Waals surface area contributed by atoms with Crippen LogP contribution < -0.4 is 26.6 Å². The van der Waals surface area contributed by atoms with Gasteiger partial charge in [0.25, 0.3) is 6.71 Å². The third kappa shape index (κ3) is 11.5. The first-order chi connectivity index (χ1) is 54.6. The number of anilines is 5. The van der Waals surface area contributed by atoms with E-state index in [2.05, 4.69) is 413 Å². The number of fused-ring (bicyclic) bond motifs is 10. The molecule has 0 fully saturated rings. The summed E-state index contributed by atoms with van der Waals surface area (Å²) in [5.74, 6) is 0. The lowest BCUT2D eigenvalue weighted by atomic mass is 9.33. The maximum atomic E-state index is 6.97. The van der Waals surface area contributed by atoms with E-state index in [1.54, 1.807) is 0 Å². The molecule has 0 atom stereocenters. The number of hydrogen-bond acceptors (Lipinski definition) is 4. The molecule has 0 radical (unpaired) electrons. The average molecular weight is 1430 g/mol. The molecular weight excluding hydrogens is 1360 g/mol. The van der Waals surface area contributed by atoms with E-state index in [1.165, 1.54) is 69.9 Å². The van der Waals surface area contributed by atoms with Crippen molar-refractivity contribution in [3.05, 3.63) is 388 Å². The van der Waals surface area contributed by atoms with E-state index in [9.17, 15) is 0 Å². The van der Waals surface area contributed by atoms with Gasteiger partial charge in [0.05, 0.1) is 5.69 Å².